The summed E-state index contributed by atoms with van der Waals surface area (Å²) in [5.41, 5.74) is -2.73. The van der Waals surface area contributed by atoms with Crippen LogP contribution in [0.25, 0.3) is 0 Å². The van der Waals surface area contributed by atoms with Crippen LogP contribution in [0.15, 0.2) is 30.3 Å². The number of rotatable bonds is 12. The van der Waals surface area contributed by atoms with Crippen molar-refractivity contribution in [2.45, 2.75) is 65.5 Å². The molecular weight excluding hydrogens is 446 g/mol. The summed E-state index contributed by atoms with van der Waals surface area (Å²) in [4.78, 5) is 63.0. The molecule has 1 unspecified atom stereocenters. The highest BCUT2D eigenvalue weighted by molar-refractivity contribution is 6.12. The highest BCUT2D eigenvalue weighted by Gasteiger charge is 2.51. The topological polar surface area (TPSA) is 156 Å². The summed E-state index contributed by atoms with van der Waals surface area (Å²) in [5.74, 6) is -7.21. The first-order chi connectivity index (χ1) is 15.8. The van der Waals surface area contributed by atoms with Gasteiger partial charge in [-0.1, -0.05) is 43.7 Å². The van der Waals surface area contributed by atoms with E-state index in [2.05, 4.69) is 5.32 Å². The zero-order valence-corrected chi connectivity index (χ0v) is 20.1. The molecule has 1 aromatic rings. The second-order valence-electron chi connectivity index (χ2n) is 8.86. The van der Waals surface area contributed by atoms with Gasteiger partial charge >= 0.3 is 24.0 Å². The van der Waals surface area contributed by atoms with Crippen molar-refractivity contribution in [2.75, 3.05) is 6.61 Å². The largest absolute Gasteiger partial charge is 0.481 e. The molecule has 0 bridgehead atoms. The normalized spacial score (nSPS) is 13.9. The number of carbonyl (C=O) groups is 5. The molecule has 2 atom stereocenters. The lowest BCUT2D eigenvalue weighted by Gasteiger charge is -2.35. The zero-order valence-electron chi connectivity index (χ0n) is 20.1. The molecule has 0 radical (unpaired) electrons. The van der Waals surface area contributed by atoms with Crippen molar-refractivity contribution < 1.29 is 43.7 Å². The third-order valence-corrected chi connectivity index (χ3v) is 5.02. The number of hydrogen-bond donors (Lipinski definition) is 3. The minimum Gasteiger partial charge on any atom is -0.481 e. The van der Waals surface area contributed by atoms with E-state index >= 15 is 0 Å². The van der Waals surface area contributed by atoms with E-state index in [-0.39, 0.29) is 18.6 Å². The minimum absolute atomic E-state index is 0.0575. The fourth-order valence-electron chi connectivity index (χ4n) is 3.68. The van der Waals surface area contributed by atoms with Crippen molar-refractivity contribution in [1.82, 2.24) is 5.32 Å². The van der Waals surface area contributed by atoms with E-state index in [0.29, 0.717) is 6.42 Å². The lowest BCUT2D eigenvalue weighted by atomic mass is 9.70. The molecule has 0 aliphatic heterocycles. The first-order valence-corrected chi connectivity index (χ1v) is 11.0. The molecule has 0 heterocycles. The van der Waals surface area contributed by atoms with Crippen molar-refractivity contribution in [3.63, 3.8) is 0 Å². The van der Waals surface area contributed by atoms with E-state index < -0.39 is 59.2 Å². The molecule has 34 heavy (non-hydrogen) atoms. The van der Waals surface area contributed by atoms with Crippen LogP contribution in [0.1, 0.15) is 64.2 Å². The van der Waals surface area contributed by atoms with Crippen molar-refractivity contribution in [1.29, 1.82) is 0 Å². The summed E-state index contributed by atoms with van der Waals surface area (Å²) in [7, 11) is 0. The van der Waals surface area contributed by atoms with Gasteiger partial charge in [0.2, 0.25) is 0 Å². The van der Waals surface area contributed by atoms with Crippen molar-refractivity contribution >= 4 is 29.8 Å². The molecule has 1 amide bonds. The van der Waals surface area contributed by atoms with Crippen LogP contribution in [0.5, 0.6) is 0 Å². The van der Waals surface area contributed by atoms with Gasteiger partial charge in [0, 0.05) is 5.56 Å². The van der Waals surface area contributed by atoms with E-state index in [1.165, 1.54) is 12.1 Å². The third kappa shape index (κ3) is 7.57. The molecule has 1 rings (SSSR count). The predicted octanol–water partition coefficient (Wildman–Crippen LogP) is 3.29. The fraction of sp³-hybridized carbons (Fsp3) is 0.542. The number of ketones is 1. The maximum absolute atomic E-state index is 13.6. The number of hydrogen-bond acceptors (Lipinski definition) is 7. The molecule has 0 aromatic heterocycles. The van der Waals surface area contributed by atoms with Crippen LogP contribution in [0.4, 0.5) is 4.79 Å². The SMILES string of the molecule is CCCC(C[C@H](NC(=O)OC(C)(C)C)C(C(=O)O)C(=O)O)(C(=O)OCC)C(=O)c1ccccc1. The molecule has 10 nitrogen and oxygen atoms in total. The number of benzene rings is 1. The van der Waals surface area contributed by atoms with Gasteiger partial charge in [0.25, 0.3) is 0 Å². The van der Waals surface area contributed by atoms with Crippen LogP contribution < -0.4 is 5.32 Å². The van der Waals surface area contributed by atoms with Gasteiger partial charge < -0.3 is 25.0 Å². The average molecular weight is 480 g/mol. The second kappa shape index (κ2) is 12.2. The number of Topliss-reactive ketones (excluding diaryl/α,β-unsaturated/α-hetero) is 1. The van der Waals surface area contributed by atoms with Gasteiger partial charge in [-0.3, -0.25) is 19.2 Å². The van der Waals surface area contributed by atoms with Crippen molar-refractivity contribution in [3.8, 4) is 0 Å². The van der Waals surface area contributed by atoms with Crippen LogP contribution >= 0.6 is 0 Å². The summed E-state index contributed by atoms with van der Waals surface area (Å²) >= 11 is 0. The average Bonchev–Trinajstić information content (AvgIpc) is 2.71. The number of carbonyl (C=O) groups excluding carboxylic acids is 3. The Bertz CT molecular complexity index is 877. The Morgan fingerprint density at radius 3 is 1.97 bits per heavy atom. The van der Waals surface area contributed by atoms with Gasteiger partial charge in [0.1, 0.15) is 11.0 Å². The molecule has 1 aromatic carbocycles. The smallest absolute Gasteiger partial charge is 0.407 e. The van der Waals surface area contributed by atoms with Crippen LogP contribution in [-0.4, -0.2) is 58.2 Å². The molecule has 0 aliphatic rings. The Morgan fingerprint density at radius 1 is 0.971 bits per heavy atom. The number of carboxylic acid groups (broad SMARTS) is 2. The summed E-state index contributed by atoms with van der Waals surface area (Å²) in [6.45, 7) is 7.94. The van der Waals surface area contributed by atoms with E-state index in [0.717, 1.165) is 0 Å². The van der Waals surface area contributed by atoms with E-state index in [1.54, 1.807) is 52.8 Å². The number of esters is 1. The van der Waals surface area contributed by atoms with Crippen molar-refractivity contribution in [3.05, 3.63) is 35.9 Å². The molecule has 0 spiro atoms. The number of ether oxygens (including phenoxy) is 2. The number of aliphatic carboxylic acids is 2. The molecule has 0 fully saturated rings. The van der Waals surface area contributed by atoms with Gasteiger partial charge in [0.05, 0.1) is 12.6 Å². The van der Waals surface area contributed by atoms with Crippen LogP contribution in [0, 0.1) is 11.3 Å². The number of carboxylic acids is 2. The summed E-state index contributed by atoms with van der Waals surface area (Å²) < 4.78 is 10.4. The van der Waals surface area contributed by atoms with Crippen LogP contribution in [0.3, 0.4) is 0 Å². The lowest BCUT2D eigenvalue weighted by Crippen LogP contribution is -2.53. The molecule has 0 saturated carbocycles. The van der Waals surface area contributed by atoms with Crippen LogP contribution in [-0.2, 0) is 23.9 Å². The summed E-state index contributed by atoms with van der Waals surface area (Å²) in [6, 6.07) is 6.21. The highest BCUT2D eigenvalue weighted by atomic mass is 16.6. The van der Waals surface area contributed by atoms with E-state index in [4.69, 9.17) is 9.47 Å². The zero-order chi connectivity index (χ0) is 26.1. The predicted molar refractivity (Wildman–Crippen MR) is 121 cm³/mol. The molecular formula is C24H33NO9. The number of alkyl carbamates (subject to hydrolysis) is 1. The Balaban J connectivity index is 3.64. The Kier molecular flexibility index (Phi) is 10.2. The maximum atomic E-state index is 13.6. The Morgan fingerprint density at radius 2 is 1.53 bits per heavy atom. The van der Waals surface area contributed by atoms with Gasteiger partial charge in [-0.15, -0.1) is 0 Å². The van der Waals surface area contributed by atoms with E-state index in [1.807, 2.05) is 0 Å². The van der Waals surface area contributed by atoms with Gasteiger partial charge in [-0.2, -0.15) is 0 Å². The van der Waals surface area contributed by atoms with E-state index in [9.17, 15) is 34.2 Å². The first-order valence-electron chi connectivity index (χ1n) is 11.0. The van der Waals surface area contributed by atoms with Crippen molar-refractivity contribution in [2.24, 2.45) is 11.3 Å². The van der Waals surface area contributed by atoms with Gasteiger partial charge in [-0.25, -0.2) is 4.79 Å². The lowest BCUT2D eigenvalue weighted by molar-refractivity contribution is -0.160. The maximum Gasteiger partial charge on any atom is 0.407 e. The Labute approximate surface area is 198 Å². The highest BCUT2D eigenvalue weighted by Crippen LogP contribution is 2.37. The third-order valence-electron chi connectivity index (χ3n) is 5.02. The quantitative estimate of drug-likeness (QED) is 0.232. The van der Waals surface area contributed by atoms with Gasteiger partial charge in [-0.05, 0) is 40.5 Å². The standard InChI is InChI=1S/C24H33NO9/c1-6-13-24(21(31)33-7-2,18(26)15-11-9-8-10-12-15)14-16(17(19(27)28)20(29)30)25-22(32)34-23(3,4)5/h8-12,16-17H,6-7,13-14H2,1-5H3,(H,25,32)(H,27,28)(H,29,30)/t16-,24?/m0/s1. The fourth-order valence-corrected chi connectivity index (χ4v) is 3.68. The number of amides is 1. The summed E-state index contributed by atoms with van der Waals surface area (Å²) in [5, 5.41) is 21.5. The molecule has 3 N–H and O–H groups in total. The van der Waals surface area contributed by atoms with Gasteiger partial charge in [0.15, 0.2) is 11.7 Å². The minimum atomic E-state index is -2.15. The molecule has 0 saturated heterocycles. The van der Waals surface area contributed by atoms with Crippen LogP contribution in [0.2, 0.25) is 0 Å². The molecule has 10 heteroatoms. The Hall–Kier alpha value is -3.43. The summed E-state index contributed by atoms with van der Waals surface area (Å²) in [6.07, 6.45) is -1.43. The molecule has 0 aliphatic carbocycles. The number of nitrogens with one attached hydrogen (secondary N) is 1. The monoisotopic (exact) mass is 479 g/mol. The molecule has 188 valence electrons. The second-order valence-corrected chi connectivity index (χ2v) is 8.86. The first kappa shape index (κ1) is 28.6.